The Balaban J connectivity index is 2.05. The standard InChI is InChI=1S/C14H26N2O/c1-4-5-13-15-9-14(17)16(13)12-7-6-10(2)8-11(12)3/h10-13,15H,4-9H2,1-3H3. The minimum Gasteiger partial charge on any atom is -0.323 e. The molecule has 1 aliphatic heterocycles. The van der Waals surface area contributed by atoms with Gasteiger partial charge >= 0.3 is 0 Å². The Morgan fingerprint density at radius 1 is 1.35 bits per heavy atom. The van der Waals surface area contributed by atoms with E-state index in [0.717, 1.165) is 18.8 Å². The Bertz CT molecular complexity index is 279. The predicted molar refractivity (Wildman–Crippen MR) is 69.5 cm³/mol. The van der Waals surface area contributed by atoms with Crippen LogP contribution >= 0.6 is 0 Å². The monoisotopic (exact) mass is 238 g/mol. The van der Waals surface area contributed by atoms with Gasteiger partial charge in [0.1, 0.15) is 0 Å². The first kappa shape index (κ1) is 12.9. The summed E-state index contributed by atoms with van der Waals surface area (Å²) in [6.45, 7) is 7.38. The van der Waals surface area contributed by atoms with Gasteiger partial charge in [0.05, 0.1) is 12.7 Å². The maximum atomic E-state index is 12.0. The molecule has 3 nitrogen and oxygen atoms in total. The number of nitrogens with zero attached hydrogens (tertiary/aromatic N) is 1. The Morgan fingerprint density at radius 3 is 2.76 bits per heavy atom. The Kier molecular flexibility index (Phi) is 4.08. The molecule has 4 unspecified atom stereocenters. The minimum absolute atomic E-state index is 0.299. The molecular formula is C14H26N2O. The van der Waals surface area contributed by atoms with Crippen molar-refractivity contribution in [2.24, 2.45) is 11.8 Å². The fourth-order valence-corrected chi connectivity index (χ4v) is 3.56. The molecule has 4 atom stereocenters. The third kappa shape index (κ3) is 2.65. The molecule has 1 aliphatic carbocycles. The number of carbonyl (C=O) groups is 1. The van der Waals surface area contributed by atoms with Crippen molar-refractivity contribution in [3.63, 3.8) is 0 Å². The summed E-state index contributed by atoms with van der Waals surface area (Å²) in [4.78, 5) is 14.2. The maximum absolute atomic E-state index is 12.0. The second-order valence-electron chi connectivity index (χ2n) is 5.95. The summed E-state index contributed by atoms with van der Waals surface area (Å²) in [6.07, 6.45) is 6.26. The van der Waals surface area contributed by atoms with Gasteiger partial charge in [-0.1, -0.05) is 27.2 Å². The van der Waals surface area contributed by atoms with E-state index >= 15 is 0 Å². The summed E-state index contributed by atoms with van der Waals surface area (Å²) < 4.78 is 0. The number of amides is 1. The van der Waals surface area contributed by atoms with Gasteiger partial charge in [-0.2, -0.15) is 0 Å². The number of rotatable bonds is 3. The molecule has 17 heavy (non-hydrogen) atoms. The number of hydrogen-bond donors (Lipinski definition) is 1. The molecule has 2 rings (SSSR count). The number of nitrogens with one attached hydrogen (secondary N) is 1. The summed E-state index contributed by atoms with van der Waals surface area (Å²) in [6, 6.07) is 0.477. The largest absolute Gasteiger partial charge is 0.323 e. The molecule has 3 heteroatoms. The molecule has 2 aliphatic rings. The summed E-state index contributed by atoms with van der Waals surface area (Å²) in [7, 11) is 0. The van der Waals surface area contributed by atoms with E-state index in [-0.39, 0.29) is 0 Å². The van der Waals surface area contributed by atoms with Crippen molar-refractivity contribution in [2.75, 3.05) is 6.54 Å². The lowest BCUT2D eigenvalue weighted by Gasteiger charge is -2.41. The fraction of sp³-hybridized carbons (Fsp3) is 0.929. The molecule has 0 spiro atoms. The molecule has 0 aromatic rings. The van der Waals surface area contributed by atoms with Gasteiger partial charge in [-0.25, -0.2) is 0 Å². The molecule has 1 N–H and O–H groups in total. The molecule has 1 saturated heterocycles. The van der Waals surface area contributed by atoms with Crippen LogP contribution in [0.25, 0.3) is 0 Å². The first-order valence-electron chi connectivity index (χ1n) is 7.18. The van der Waals surface area contributed by atoms with Gasteiger partial charge in [0.2, 0.25) is 5.91 Å². The highest BCUT2D eigenvalue weighted by Gasteiger charge is 2.39. The lowest BCUT2D eigenvalue weighted by Crippen LogP contribution is -2.49. The fourth-order valence-electron chi connectivity index (χ4n) is 3.56. The van der Waals surface area contributed by atoms with Crippen LogP contribution in [0.3, 0.4) is 0 Å². The highest BCUT2D eigenvalue weighted by molar-refractivity contribution is 5.81. The van der Waals surface area contributed by atoms with Crippen LogP contribution in [0.5, 0.6) is 0 Å². The highest BCUT2D eigenvalue weighted by atomic mass is 16.2. The van der Waals surface area contributed by atoms with Crippen molar-refractivity contribution >= 4 is 5.91 Å². The average Bonchev–Trinajstić information content (AvgIpc) is 2.62. The molecule has 0 radical (unpaired) electrons. The molecule has 0 bridgehead atoms. The van der Waals surface area contributed by atoms with Gasteiger partial charge in [-0.05, 0) is 37.5 Å². The number of carbonyl (C=O) groups excluding carboxylic acids is 1. The van der Waals surface area contributed by atoms with Crippen LogP contribution in [-0.2, 0) is 4.79 Å². The van der Waals surface area contributed by atoms with Crippen molar-refractivity contribution in [3.05, 3.63) is 0 Å². The Labute approximate surface area is 105 Å². The van der Waals surface area contributed by atoms with Crippen LogP contribution < -0.4 is 5.32 Å². The summed E-state index contributed by atoms with van der Waals surface area (Å²) >= 11 is 0. The van der Waals surface area contributed by atoms with Crippen LogP contribution in [-0.4, -0.2) is 29.6 Å². The Hall–Kier alpha value is -0.570. The summed E-state index contributed by atoms with van der Waals surface area (Å²) in [5.74, 6) is 1.80. The second-order valence-corrected chi connectivity index (χ2v) is 5.95. The van der Waals surface area contributed by atoms with Crippen molar-refractivity contribution in [2.45, 2.75) is 65.1 Å². The van der Waals surface area contributed by atoms with E-state index in [2.05, 4.69) is 31.0 Å². The zero-order valence-corrected chi connectivity index (χ0v) is 11.4. The van der Waals surface area contributed by atoms with Crippen LogP contribution in [0.1, 0.15) is 52.9 Å². The summed E-state index contributed by atoms with van der Waals surface area (Å²) in [5.41, 5.74) is 0. The number of hydrogen-bond acceptors (Lipinski definition) is 2. The minimum atomic E-state index is 0.299. The van der Waals surface area contributed by atoms with E-state index in [1.54, 1.807) is 0 Å². The molecule has 2 fully saturated rings. The normalized spacial score (nSPS) is 38.8. The molecule has 0 aromatic carbocycles. The van der Waals surface area contributed by atoms with E-state index in [0.29, 0.717) is 30.6 Å². The third-order valence-electron chi connectivity index (χ3n) is 4.42. The van der Waals surface area contributed by atoms with Gasteiger partial charge in [0.25, 0.3) is 0 Å². The van der Waals surface area contributed by atoms with Gasteiger partial charge in [0, 0.05) is 6.04 Å². The molecule has 1 heterocycles. The predicted octanol–water partition coefficient (Wildman–Crippen LogP) is 2.37. The van der Waals surface area contributed by atoms with Crippen LogP contribution in [0.2, 0.25) is 0 Å². The third-order valence-corrected chi connectivity index (χ3v) is 4.42. The Morgan fingerprint density at radius 2 is 2.12 bits per heavy atom. The van der Waals surface area contributed by atoms with Crippen molar-refractivity contribution in [1.29, 1.82) is 0 Å². The van der Waals surface area contributed by atoms with Crippen molar-refractivity contribution in [3.8, 4) is 0 Å². The van der Waals surface area contributed by atoms with Crippen LogP contribution in [0, 0.1) is 11.8 Å². The van der Waals surface area contributed by atoms with Gasteiger partial charge in [-0.3, -0.25) is 10.1 Å². The molecule has 1 amide bonds. The zero-order chi connectivity index (χ0) is 12.4. The maximum Gasteiger partial charge on any atom is 0.238 e. The SMILES string of the molecule is CCCC1NCC(=O)N1C1CCC(C)CC1C. The van der Waals surface area contributed by atoms with E-state index in [9.17, 15) is 4.79 Å². The second kappa shape index (κ2) is 5.38. The highest BCUT2D eigenvalue weighted by Crippen LogP contribution is 2.34. The lowest BCUT2D eigenvalue weighted by atomic mass is 9.79. The molecule has 1 saturated carbocycles. The van der Waals surface area contributed by atoms with Gasteiger partial charge in [-0.15, -0.1) is 0 Å². The first-order valence-corrected chi connectivity index (χ1v) is 7.18. The van der Waals surface area contributed by atoms with Crippen LogP contribution in [0.15, 0.2) is 0 Å². The molecule has 98 valence electrons. The van der Waals surface area contributed by atoms with E-state index in [4.69, 9.17) is 0 Å². The topological polar surface area (TPSA) is 32.3 Å². The quantitative estimate of drug-likeness (QED) is 0.818. The van der Waals surface area contributed by atoms with Crippen molar-refractivity contribution in [1.82, 2.24) is 10.2 Å². The van der Waals surface area contributed by atoms with E-state index in [1.807, 2.05) is 0 Å². The lowest BCUT2D eigenvalue weighted by molar-refractivity contribution is -0.132. The molecule has 0 aromatic heterocycles. The van der Waals surface area contributed by atoms with E-state index < -0.39 is 0 Å². The van der Waals surface area contributed by atoms with E-state index in [1.165, 1.54) is 19.3 Å². The van der Waals surface area contributed by atoms with Crippen molar-refractivity contribution < 1.29 is 4.79 Å². The smallest absolute Gasteiger partial charge is 0.238 e. The van der Waals surface area contributed by atoms with Crippen LogP contribution in [0.4, 0.5) is 0 Å². The van der Waals surface area contributed by atoms with Gasteiger partial charge in [0.15, 0.2) is 0 Å². The molecular weight excluding hydrogens is 212 g/mol. The first-order chi connectivity index (χ1) is 8.13. The average molecular weight is 238 g/mol. The van der Waals surface area contributed by atoms with Gasteiger partial charge < -0.3 is 4.90 Å². The zero-order valence-electron chi connectivity index (χ0n) is 11.4. The summed E-state index contributed by atoms with van der Waals surface area (Å²) in [5, 5.41) is 3.36.